The summed E-state index contributed by atoms with van der Waals surface area (Å²) in [7, 11) is 0. The first kappa shape index (κ1) is 16.8. The van der Waals surface area contributed by atoms with Crippen molar-refractivity contribution < 1.29 is 9.53 Å². The molecule has 5 heteroatoms. The van der Waals surface area contributed by atoms with Crippen LogP contribution in [0.1, 0.15) is 43.0 Å². The van der Waals surface area contributed by atoms with Crippen LogP contribution < -0.4 is 10.6 Å². The predicted molar refractivity (Wildman–Crippen MR) is 101 cm³/mol. The van der Waals surface area contributed by atoms with Crippen LogP contribution in [0, 0.1) is 0 Å². The number of benzene rings is 1. The molecule has 0 unspecified atom stereocenters. The minimum atomic E-state index is -0.328. The number of nitrogen functional groups attached to an aromatic ring is 1. The van der Waals surface area contributed by atoms with E-state index in [1.54, 1.807) is 0 Å². The Labute approximate surface area is 147 Å². The average molecular weight is 344 g/mol. The van der Waals surface area contributed by atoms with Crippen LogP contribution in [0.5, 0.6) is 0 Å². The van der Waals surface area contributed by atoms with Crippen LogP contribution in [0.2, 0.25) is 0 Å². The van der Waals surface area contributed by atoms with Crippen molar-refractivity contribution >= 4 is 27.3 Å². The molecule has 1 fully saturated rings. The zero-order valence-corrected chi connectivity index (χ0v) is 14.9. The lowest BCUT2D eigenvalue weighted by Gasteiger charge is -2.22. The zero-order chi connectivity index (χ0) is 16.9. The number of hydrogen-bond acceptors (Lipinski definition) is 5. The van der Waals surface area contributed by atoms with Gasteiger partial charge in [0.1, 0.15) is 15.6 Å². The lowest BCUT2D eigenvalue weighted by Crippen LogP contribution is -2.23. The summed E-state index contributed by atoms with van der Waals surface area (Å²) < 4.78 is 5.27. The Hall–Kier alpha value is -2.01. The molecule has 1 aliphatic heterocycles. The Morgan fingerprint density at radius 1 is 1.17 bits per heavy atom. The van der Waals surface area contributed by atoms with Crippen LogP contribution in [-0.2, 0) is 4.74 Å². The standard InChI is InChI=1S/C19H24N2O2S/c1-2-23-19(22)16-15(14-10-6-5-7-11-14)18(24-17(16)20)21-12-8-3-4-9-13-21/h5-7,10-11H,2-4,8-9,12-13,20H2,1H3. The molecule has 0 bridgehead atoms. The monoisotopic (exact) mass is 344 g/mol. The van der Waals surface area contributed by atoms with Gasteiger partial charge in [-0.1, -0.05) is 54.5 Å². The van der Waals surface area contributed by atoms with Gasteiger partial charge in [-0.15, -0.1) is 0 Å². The van der Waals surface area contributed by atoms with Gasteiger partial charge < -0.3 is 15.4 Å². The van der Waals surface area contributed by atoms with Gasteiger partial charge in [-0.3, -0.25) is 0 Å². The summed E-state index contributed by atoms with van der Waals surface area (Å²) in [4.78, 5) is 14.9. The molecule has 1 aromatic heterocycles. The molecule has 1 aliphatic rings. The first-order valence-corrected chi connectivity index (χ1v) is 9.43. The second kappa shape index (κ2) is 7.71. The number of hydrogen-bond donors (Lipinski definition) is 1. The third-order valence-electron chi connectivity index (χ3n) is 4.35. The summed E-state index contributed by atoms with van der Waals surface area (Å²) in [6.45, 7) is 4.20. The number of nitrogens with two attached hydrogens (primary N) is 1. The van der Waals surface area contributed by atoms with Crippen molar-refractivity contribution in [1.82, 2.24) is 0 Å². The molecule has 2 N–H and O–H groups in total. The number of carbonyl (C=O) groups is 1. The maximum Gasteiger partial charge on any atom is 0.341 e. The number of carbonyl (C=O) groups excluding carboxylic acids is 1. The number of esters is 1. The highest BCUT2D eigenvalue weighted by Gasteiger charge is 2.27. The summed E-state index contributed by atoms with van der Waals surface area (Å²) in [6, 6.07) is 10.0. The van der Waals surface area contributed by atoms with E-state index >= 15 is 0 Å². The van der Waals surface area contributed by atoms with Gasteiger partial charge >= 0.3 is 5.97 Å². The molecule has 0 amide bonds. The third kappa shape index (κ3) is 3.41. The fourth-order valence-corrected chi connectivity index (χ4v) is 4.34. The van der Waals surface area contributed by atoms with Crippen molar-refractivity contribution in [3.8, 4) is 11.1 Å². The highest BCUT2D eigenvalue weighted by molar-refractivity contribution is 7.21. The molecule has 0 saturated carbocycles. The Morgan fingerprint density at radius 3 is 2.46 bits per heavy atom. The van der Waals surface area contributed by atoms with Gasteiger partial charge in [-0.2, -0.15) is 0 Å². The summed E-state index contributed by atoms with van der Waals surface area (Å²) in [5.41, 5.74) is 8.72. The van der Waals surface area contributed by atoms with Crippen LogP contribution in [0.15, 0.2) is 30.3 Å². The Balaban J connectivity index is 2.11. The van der Waals surface area contributed by atoms with E-state index < -0.39 is 0 Å². The van der Waals surface area contributed by atoms with Gasteiger partial charge in [0, 0.05) is 18.7 Å². The molecule has 0 radical (unpaired) electrons. The summed E-state index contributed by atoms with van der Waals surface area (Å²) in [5, 5.41) is 1.65. The topological polar surface area (TPSA) is 55.6 Å². The molecule has 4 nitrogen and oxygen atoms in total. The second-order valence-corrected chi connectivity index (χ2v) is 7.04. The SMILES string of the molecule is CCOC(=O)c1c(N)sc(N2CCCCCC2)c1-c1ccccc1. The van der Waals surface area contributed by atoms with Crippen LogP contribution in [0.25, 0.3) is 11.1 Å². The van der Waals surface area contributed by atoms with Crippen molar-refractivity contribution in [2.45, 2.75) is 32.6 Å². The van der Waals surface area contributed by atoms with Crippen LogP contribution >= 0.6 is 11.3 Å². The van der Waals surface area contributed by atoms with E-state index in [0.717, 1.165) is 29.2 Å². The molecular weight excluding hydrogens is 320 g/mol. The lowest BCUT2D eigenvalue weighted by atomic mass is 10.0. The van der Waals surface area contributed by atoms with Crippen LogP contribution in [0.4, 0.5) is 10.0 Å². The van der Waals surface area contributed by atoms with Gasteiger partial charge in [0.2, 0.25) is 0 Å². The molecule has 24 heavy (non-hydrogen) atoms. The number of ether oxygens (including phenoxy) is 1. The molecule has 2 aromatic rings. The van der Waals surface area contributed by atoms with Crippen molar-refractivity contribution in [2.75, 3.05) is 30.3 Å². The third-order valence-corrected chi connectivity index (χ3v) is 5.43. The van der Waals surface area contributed by atoms with Crippen molar-refractivity contribution in [3.63, 3.8) is 0 Å². The Kier molecular flexibility index (Phi) is 5.41. The molecule has 1 aromatic carbocycles. The minimum Gasteiger partial charge on any atom is -0.462 e. The highest BCUT2D eigenvalue weighted by atomic mass is 32.1. The summed E-state index contributed by atoms with van der Waals surface area (Å²) >= 11 is 1.51. The Bertz CT molecular complexity index is 689. The second-order valence-electron chi connectivity index (χ2n) is 6.01. The minimum absolute atomic E-state index is 0.328. The van der Waals surface area contributed by atoms with Crippen molar-refractivity contribution in [1.29, 1.82) is 0 Å². The van der Waals surface area contributed by atoms with Gasteiger partial charge in [0.05, 0.1) is 6.61 Å². The van der Waals surface area contributed by atoms with E-state index in [2.05, 4.69) is 4.90 Å². The number of rotatable bonds is 4. The molecule has 0 spiro atoms. The maximum atomic E-state index is 12.5. The van der Waals surface area contributed by atoms with Crippen LogP contribution in [0.3, 0.4) is 0 Å². The van der Waals surface area contributed by atoms with E-state index in [0.29, 0.717) is 17.2 Å². The van der Waals surface area contributed by atoms with Crippen LogP contribution in [-0.4, -0.2) is 25.7 Å². The van der Waals surface area contributed by atoms with Gasteiger partial charge in [0.15, 0.2) is 0 Å². The van der Waals surface area contributed by atoms with Crippen molar-refractivity contribution in [2.24, 2.45) is 0 Å². The fraction of sp³-hybridized carbons (Fsp3) is 0.421. The Morgan fingerprint density at radius 2 is 1.83 bits per heavy atom. The molecular formula is C19H24N2O2S. The number of nitrogens with zero attached hydrogens (tertiary/aromatic N) is 1. The quantitative estimate of drug-likeness (QED) is 0.827. The maximum absolute atomic E-state index is 12.5. The van der Waals surface area contributed by atoms with Gasteiger partial charge in [-0.25, -0.2) is 4.79 Å². The number of anilines is 2. The molecule has 1 saturated heterocycles. The van der Waals surface area contributed by atoms with E-state index in [4.69, 9.17) is 10.5 Å². The smallest absolute Gasteiger partial charge is 0.341 e. The lowest BCUT2D eigenvalue weighted by molar-refractivity contribution is 0.0529. The van der Waals surface area contributed by atoms with Gasteiger partial charge in [-0.05, 0) is 25.3 Å². The first-order chi connectivity index (χ1) is 11.7. The van der Waals surface area contributed by atoms with Gasteiger partial charge in [0.25, 0.3) is 0 Å². The zero-order valence-electron chi connectivity index (χ0n) is 14.1. The van der Waals surface area contributed by atoms with E-state index in [-0.39, 0.29) is 5.97 Å². The first-order valence-electron chi connectivity index (χ1n) is 8.62. The van der Waals surface area contributed by atoms with Crippen molar-refractivity contribution in [3.05, 3.63) is 35.9 Å². The largest absolute Gasteiger partial charge is 0.462 e. The highest BCUT2D eigenvalue weighted by Crippen LogP contribution is 2.45. The molecule has 0 aliphatic carbocycles. The summed E-state index contributed by atoms with van der Waals surface area (Å²) in [6.07, 6.45) is 4.90. The fourth-order valence-electron chi connectivity index (χ4n) is 3.21. The van der Waals surface area contributed by atoms with E-state index in [9.17, 15) is 4.79 Å². The number of thiophene rings is 1. The molecule has 2 heterocycles. The van der Waals surface area contributed by atoms with E-state index in [1.807, 2.05) is 37.3 Å². The molecule has 0 atom stereocenters. The molecule has 3 rings (SSSR count). The summed E-state index contributed by atoms with van der Waals surface area (Å²) in [5.74, 6) is -0.328. The predicted octanol–water partition coefficient (Wildman–Crippen LogP) is 4.55. The normalized spacial score (nSPS) is 15.1. The molecule has 128 valence electrons. The van der Waals surface area contributed by atoms with E-state index in [1.165, 1.54) is 37.0 Å². The average Bonchev–Trinajstić information content (AvgIpc) is 2.76.